The molecular formula is C28H22BrN3O3. The smallest absolute Gasteiger partial charge is 0.268 e. The number of anilines is 1. The van der Waals surface area contributed by atoms with Gasteiger partial charge in [0.2, 0.25) is 0 Å². The van der Waals surface area contributed by atoms with Crippen molar-refractivity contribution in [3.05, 3.63) is 134 Å². The molecule has 0 unspecified atom stereocenters. The Hall–Kier alpha value is -4.10. The van der Waals surface area contributed by atoms with Crippen molar-refractivity contribution in [1.29, 1.82) is 0 Å². The second-order valence-electron chi connectivity index (χ2n) is 8.06. The normalized spacial score (nSPS) is 11.2. The standard InChI is InChI=1S/C28H22BrN3O3/c1-19-3-13-24(14-4-19)30-27(21-7-11-23(29)12-8-21)31(25-15-5-20(2)6-16-25)28(33)22-9-17-26(18-10-22)32(34)35/h3-18H,1-2H3. The van der Waals surface area contributed by atoms with Crippen molar-refractivity contribution in [1.82, 2.24) is 0 Å². The lowest BCUT2D eigenvalue weighted by Crippen LogP contribution is -2.37. The number of halogens is 1. The average molecular weight is 528 g/mol. The first-order valence-corrected chi connectivity index (χ1v) is 11.7. The minimum atomic E-state index is -0.488. The quantitative estimate of drug-likeness (QED) is 0.117. The van der Waals surface area contributed by atoms with E-state index in [0.717, 1.165) is 21.2 Å². The summed E-state index contributed by atoms with van der Waals surface area (Å²) in [6.45, 7) is 3.97. The maximum atomic E-state index is 13.9. The summed E-state index contributed by atoms with van der Waals surface area (Å²) in [4.78, 5) is 31.0. The second-order valence-corrected chi connectivity index (χ2v) is 8.97. The Balaban J connectivity index is 1.90. The van der Waals surface area contributed by atoms with Gasteiger partial charge in [-0.05, 0) is 62.4 Å². The number of nitrogens with zero attached hydrogens (tertiary/aromatic N) is 3. The molecule has 0 atom stereocenters. The molecule has 0 bridgehead atoms. The molecule has 0 saturated carbocycles. The van der Waals surface area contributed by atoms with E-state index in [1.807, 2.05) is 86.6 Å². The summed E-state index contributed by atoms with van der Waals surface area (Å²) in [5.41, 5.74) is 4.46. The van der Waals surface area contributed by atoms with E-state index in [1.54, 1.807) is 4.90 Å². The monoisotopic (exact) mass is 527 g/mol. The van der Waals surface area contributed by atoms with Crippen LogP contribution >= 0.6 is 15.9 Å². The molecule has 174 valence electrons. The highest BCUT2D eigenvalue weighted by Crippen LogP contribution is 2.26. The van der Waals surface area contributed by atoms with E-state index in [1.165, 1.54) is 24.3 Å². The molecule has 4 aromatic rings. The summed E-state index contributed by atoms with van der Waals surface area (Å²) in [6.07, 6.45) is 0. The topological polar surface area (TPSA) is 75.8 Å². The minimum absolute atomic E-state index is 0.0788. The number of benzene rings is 4. The number of amides is 1. The zero-order chi connectivity index (χ0) is 24.9. The average Bonchev–Trinajstić information content (AvgIpc) is 2.86. The summed E-state index contributed by atoms with van der Waals surface area (Å²) < 4.78 is 0.902. The molecule has 35 heavy (non-hydrogen) atoms. The zero-order valence-corrected chi connectivity index (χ0v) is 20.8. The van der Waals surface area contributed by atoms with E-state index in [2.05, 4.69) is 15.9 Å². The van der Waals surface area contributed by atoms with E-state index in [9.17, 15) is 14.9 Å². The van der Waals surface area contributed by atoms with Crippen LogP contribution in [0, 0.1) is 24.0 Å². The van der Waals surface area contributed by atoms with Crippen LogP contribution in [0.2, 0.25) is 0 Å². The number of hydrogen-bond acceptors (Lipinski definition) is 4. The molecule has 0 N–H and O–H groups in total. The van der Waals surface area contributed by atoms with Crippen LogP contribution in [-0.2, 0) is 0 Å². The highest BCUT2D eigenvalue weighted by molar-refractivity contribution is 9.10. The molecule has 0 fully saturated rings. The molecule has 0 aliphatic carbocycles. The number of carbonyl (C=O) groups is 1. The molecule has 0 radical (unpaired) electrons. The van der Waals surface area contributed by atoms with Gasteiger partial charge in [-0.25, -0.2) is 4.99 Å². The third kappa shape index (κ3) is 5.70. The SMILES string of the molecule is Cc1ccc(N=C(c2ccc(Br)cc2)N(C(=O)c2ccc([N+](=O)[O-])cc2)c2ccc(C)cc2)cc1. The lowest BCUT2D eigenvalue weighted by Gasteiger charge is -2.25. The molecule has 0 aliphatic rings. The zero-order valence-electron chi connectivity index (χ0n) is 19.2. The molecule has 1 amide bonds. The third-order valence-corrected chi connectivity index (χ3v) is 5.93. The van der Waals surface area contributed by atoms with Crippen molar-refractivity contribution in [2.45, 2.75) is 13.8 Å². The summed E-state index contributed by atoms with van der Waals surface area (Å²) in [5.74, 6) is 0.0890. The van der Waals surface area contributed by atoms with E-state index in [0.29, 0.717) is 22.8 Å². The van der Waals surface area contributed by atoms with Gasteiger partial charge in [0, 0.05) is 27.7 Å². The lowest BCUT2D eigenvalue weighted by molar-refractivity contribution is -0.384. The first-order chi connectivity index (χ1) is 16.8. The summed E-state index contributed by atoms with van der Waals surface area (Å²) >= 11 is 3.47. The molecule has 7 heteroatoms. The Morgan fingerprint density at radius 3 is 1.83 bits per heavy atom. The molecule has 4 aromatic carbocycles. The first kappa shape index (κ1) is 24.0. The van der Waals surface area contributed by atoms with E-state index < -0.39 is 4.92 Å². The number of nitro groups is 1. The van der Waals surface area contributed by atoms with Gasteiger partial charge in [0.15, 0.2) is 0 Å². The van der Waals surface area contributed by atoms with Gasteiger partial charge in [-0.3, -0.25) is 19.8 Å². The fourth-order valence-corrected chi connectivity index (χ4v) is 3.73. The highest BCUT2D eigenvalue weighted by Gasteiger charge is 2.25. The predicted molar refractivity (Wildman–Crippen MR) is 143 cm³/mol. The van der Waals surface area contributed by atoms with Crippen molar-refractivity contribution in [3.63, 3.8) is 0 Å². The van der Waals surface area contributed by atoms with Crippen LogP contribution in [0.25, 0.3) is 0 Å². The second kappa shape index (κ2) is 10.4. The van der Waals surface area contributed by atoms with Crippen LogP contribution in [0.4, 0.5) is 17.1 Å². The van der Waals surface area contributed by atoms with Crippen molar-refractivity contribution < 1.29 is 9.72 Å². The number of rotatable bonds is 5. The first-order valence-electron chi connectivity index (χ1n) is 10.9. The van der Waals surface area contributed by atoms with Gasteiger partial charge in [-0.15, -0.1) is 0 Å². The van der Waals surface area contributed by atoms with Gasteiger partial charge in [0.1, 0.15) is 5.84 Å². The van der Waals surface area contributed by atoms with Crippen LogP contribution in [0.15, 0.2) is 107 Å². The maximum absolute atomic E-state index is 13.9. The lowest BCUT2D eigenvalue weighted by atomic mass is 10.1. The fourth-order valence-electron chi connectivity index (χ4n) is 3.47. The van der Waals surface area contributed by atoms with Gasteiger partial charge in [-0.1, -0.05) is 63.5 Å². The van der Waals surface area contributed by atoms with Crippen LogP contribution < -0.4 is 4.90 Å². The Morgan fingerprint density at radius 2 is 1.29 bits per heavy atom. The molecule has 0 aliphatic heterocycles. The highest BCUT2D eigenvalue weighted by atomic mass is 79.9. The number of hydrogen-bond donors (Lipinski definition) is 0. The number of carbonyl (C=O) groups excluding carboxylic acids is 1. The molecule has 0 spiro atoms. The van der Waals surface area contributed by atoms with Crippen LogP contribution in [0.3, 0.4) is 0 Å². The van der Waals surface area contributed by atoms with Gasteiger partial charge < -0.3 is 0 Å². The number of amidine groups is 1. The number of non-ortho nitro benzene ring substituents is 1. The number of nitro benzene ring substituents is 1. The van der Waals surface area contributed by atoms with Gasteiger partial charge in [-0.2, -0.15) is 0 Å². The van der Waals surface area contributed by atoms with Gasteiger partial charge in [0.05, 0.1) is 16.3 Å². The van der Waals surface area contributed by atoms with Crippen molar-refractivity contribution >= 4 is 44.7 Å². The molecular weight excluding hydrogens is 506 g/mol. The van der Waals surface area contributed by atoms with E-state index in [-0.39, 0.29) is 11.6 Å². The van der Waals surface area contributed by atoms with E-state index >= 15 is 0 Å². The Morgan fingerprint density at radius 1 is 0.771 bits per heavy atom. The number of aliphatic imine (C=N–C) groups is 1. The predicted octanol–water partition coefficient (Wildman–Crippen LogP) is 7.40. The third-order valence-electron chi connectivity index (χ3n) is 5.40. The summed E-state index contributed by atoms with van der Waals surface area (Å²) in [7, 11) is 0. The van der Waals surface area contributed by atoms with Gasteiger partial charge in [0.25, 0.3) is 11.6 Å². The van der Waals surface area contributed by atoms with Crippen molar-refractivity contribution in [2.75, 3.05) is 4.90 Å². The van der Waals surface area contributed by atoms with Crippen LogP contribution in [0.5, 0.6) is 0 Å². The Bertz CT molecular complexity index is 1380. The molecule has 6 nitrogen and oxygen atoms in total. The molecule has 0 aromatic heterocycles. The van der Waals surface area contributed by atoms with Gasteiger partial charge >= 0.3 is 0 Å². The van der Waals surface area contributed by atoms with Crippen molar-refractivity contribution in [2.24, 2.45) is 4.99 Å². The summed E-state index contributed by atoms with van der Waals surface area (Å²) in [6, 6.07) is 28.5. The Kier molecular flexibility index (Phi) is 7.17. The Labute approximate surface area is 211 Å². The van der Waals surface area contributed by atoms with Crippen LogP contribution in [-0.4, -0.2) is 16.7 Å². The largest absolute Gasteiger partial charge is 0.269 e. The van der Waals surface area contributed by atoms with Crippen LogP contribution in [0.1, 0.15) is 27.0 Å². The van der Waals surface area contributed by atoms with E-state index in [4.69, 9.17) is 4.99 Å². The minimum Gasteiger partial charge on any atom is -0.268 e. The van der Waals surface area contributed by atoms with Crippen molar-refractivity contribution in [3.8, 4) is 0 Å². The summed E-state index contributed by atoms with van der Waals surface area (Å²) in [5, 5.41) is 11.1. The molecule has 0 saturated heterocycles. The maximum Gasteiger partial charge on any atom is 0.269 e. The molecule has 4 rings (SSSR count). The molecule has 0 heterocycles. The number of aryl methyl sites for hydroxylation is 2. The fraction of sp³-hybridized carbons (Fsp3) is 0.0714.